The summed E-state index contributed by atoms with van der Waals surface area (Å²) in [5, 5.41) is 0. The molecule has 0 aliphatic carbocycles. The van der Waals surface area contributed by atoms with Crippen molar-refractivity contribution in [3.05, 3.63) is 48.0 Å². The van der Waals surface area contributed by atoms with Gasteiger partial charge in [-0.05, 0) is 55.5 Å². The predicted octanol–water partition coefficient (Wildman–Crippen LogP) is 5.18. The normalized spacial score (nSPS) is 15.7. The molecule has 0 radical (unpaired) electrons. The number of thiol groups is 1. The van der Waals surface area contributed by atoms with Crippen LogP contribution in [-0.2, 0) is 0 Å². The Balaban J connectivity index is 1.96. The maximum absolute atomic E-state index is 4.36. The topological polar surface area (TPSA) is 6.48 Å². The van der Waals surface area contributed by atoms with Gasteiger partial charge in [-0.2, -0.15) is 0 Å². The minimum atomic E-state index is 0.852. The SMILES string of the molecule is Cc1ccc(N2CCC(C)CC2)c(-c2ccc(N(C)S)cc2)c1. The van der Waals surface area contributed by atoms with Crippen molar-refractivity contribution in [2.45, 2.75) is 26.7 Å². The Morgan fingerprint density at radius 1 is 1.04 bits per heavy atom. The number of hydrogen-bond donors (Lipinski definition) is 1. The van der Waals surface area contributed by atoms with Gasteiger partial charge in [0.05, 0.1) is 0 Å². The second-order valence-corrected chi connectivity index (χ2v) is 7.36. The molecule has 1 heterocycles. The summed E-state index contributed by atoms with van der Waals surface area (Å²) < 4.78 is 1.84. The van der Waals surface area contributed by atoms with Crippen LogP contribution < -0.4 is 9.21 Å². The van der Waals surface area contributed by atoms with Gasteiger partial charge in [-0.25, -0.2) is 0 Å². The van der Waals surface area contributed by atoms with Crippen molar-refractivity contribution >= 4 is 24.2 Å². The highest BCUT2D eigenvalue weighted by molar-refractivity contribution is 7.81. The van der Waals surface area contributed by atoms with E-state index in [1.165, 1.54) is 35.2 Å². The molecule has 0 aromatic heterocycles. The fraction of sp³-hybridized carbons (Fsp3) is 0.400. The van der Waals surface area contributed by atoms with E-state index in [4.69, 9.17) is 0 Å². The molecule has 23 heavy (non-hydrogen) atoms. The maximum atomic E-state index is 4.36. The van der Waals surface area contributed by atoms with E-state index in [9.17, 15) is 0 Å². The lowest BCUT2D eigenvalue weighted by Gasteiger charge is -2.33. The molecule has 1 aliphatic rings. The summed E-state index contributed by atoms with van der Waals surface area (Å²) >= 11 is 4.36. The molecule has 1 saturated heterocycles. The second-order valence-electron chi connectivity index (χ2n) is 6.76. The number of hydrogen-bond acceptors (Lipinski definition) is 3. The molecule has 122 valence electrons. The van der Waals surface area contributed by atoms with Crippen LogP contribution in [0.1, 0.15) is 25.3 Å². The number of aryl methyl sites for hydroxylation is 1. The first-order valence-corrected chi connectivity index (χ1v) is 8.83. The van der Waals surface area contributed by atoms with Gasteiger partial charge in [-0.3, -0.25) is 0 Å². The molecule has 2 aromatic rings. The second kappa shape index (κ2) is 6.88. The van der Waals surface area contributed by atoms with Gasteiger partial charge in [0.15, 0.2) is 0 Å². The molecule has 0 spiro atoms. The molecule has 0 N–H and O–H groups in total. The summed E-state index contributed by atoms with van der Waals surface area (Å²) in [6.07, 6.45) is 2.58. The van der Waals surface area contributed by atoms with E-state index >= 15 is 0 Å². The van der Waals surface area contributed by atoms with Gasteiger partial charge in [0, 0.05) is 37.1 Å². The first-order chi connectivity index (χ1) is 11.0. The molecule has 0 atom stereocenters. The Labute approximate surface area is 145 Å². The van der Waals surface area contributed by atoms with Gasteiger partial charge in [-0.1, -0.05) is 43.5 Å². The molecule has 1 fully saturated rings. The van der Waals surface area contributed by atoms with Gasteiger partial charge < -0.3 is 9.21 Å². The standard InChI is InChI=1S/C20H26N2S/c1-15-10-12-22(13-11-15)20-9-4-16(2)14-19(20)17-5-7-18(8-6-17)21(3)23/h4-9,14-15,23H,10-13H2,1-3H3. The molecule has 0 bridgehead atoms. The smallest absolute Gasteiger partial charge is 0.0464 e. The van der Waals surface area contributed by atoms with Crippen LogP contribution in [-0.4, -0.2) is 20.1 Å². The van der Waals surface area contributed by atoms with Crippen LogP contribution in [0, 0.1) is 12.8 Å². The van der Waals surface area contributed by atoms with Gasteiger partial charge in [0.1, 0.15) is 0 Å². The molecule has 0 saturated carbocycles. The quantitative estimate of drug-likeness (QED) is 0.777. The highest BCUT2D eigenvalue weighted by atomic mass is 32.1. The van der Waals surface area contributed by atoms with E-state index in [2.05, 4.69) is 74.0 Å². The van der Waals surface area contributed by atoms with Gasteiger partial charge >= 0.3 is 0 Å². The van der Waals surface area contributed by atoms with Crippen LogP contribution >= 0.6 is 12.8 Å². The predicted molar refractivity (Wildman–Crippen MR) is 105 cm³/mol. The van der Waals surface area contributed by atoms with Crippen LogP contribution in [0.2, 0.25) is 0 Å². The first kappa shape index (κ1) is 16.3. The number of rotatable bonds is 3. The van der Waals surface area contributed by atoms with E-state index in [1.807, 2.05) is 11.4 Å². The molecular weight excluding hydrogens is 300 g/mol. The van der Waals surface area contributed by atoms with E-state index in [1.54, 1.807) is 0 Å². The summed E-state index contributed by atoms with van der Waals surface area (Å²) in [6, 6.07) is 15.5. The fourth-order valence-electron chi connectivity index (χ4n) is 3.26. The highest BCUT2D eigenvalue weighted by Crippen LogP contribution is 2.35. The Morgan fingerprint density at radius 2 is 1.70 bits per heavy atom. The molecule has 0 amide bonds. The molecule has 2 nitrogen and oxygen atoms in total. The number of anilines is 2. The zero-order valence-electron chi connectivity index (χ0n) is 14.3. The monoisotopic (exact) mass is 326 g/mol. The van der Waals surface area contributed by atoms with Crippen LogP contribution in [0.3, 0.4) is 0 Å². The zero-order valence-corrected chi connectivity index (χ0v) is 15.2. The Morgan fingerprint density at radius 3 is 2.30 bits per heavy atom. The van der Waals surface area contributed by atoms with Crippen LogP contribution in [0.5, 0.6) is 0 Å². The van der Waals surface area contributed by atoms with E-state index in [0.717, 1.165) is 24.7 Å². The Hall–Kier alpha value is -1.61. The Bertz CT molecular complexity index is 656. The van der Waals surface area contributed by atoms with Crippen molar-refractivity contribution in [1.82, 2.24) is 0 Å². The van der Waals surface area contributed by atoms with Crippen molar-refractivity contribution in [1.29, 1.82) is 0 Å². The summed E-state index contributed by atoms with van der Waals surface area (Å²) in [4.78, 5) is 2.55. The molecule has 0 unspecified atom stereocenters. The minimum absolute atomic E-state index is 0.852. The third-order valence-corrected chi connectivity index (χ3v) is 5.06. The number of piperidine rings is 1. The third kappa shape index (κ3) is 3.66. The minimum Gasteiger partial charge on any atom is -0.371 e. The van der Waals surface area contributed by atoms with Crippen molar-refractivity contribution in [3.8, 4) is 11.1 Å². The van der Waals surface area contributed by atoms with Gasteiger partial charge in [0.25, 0.3) is 0 Å². The molecule has 3 heteroatoms. The lowest BCUT2D eigenvalue weighted by Crippen LogP contribution is -2.33. The van der Waals surface area contributed by atoms with Gasteiger partial charge in [0.2, 0.25) is 0 Å². The van der Waals surface area contributed by atoms with Crippen molar-refractivity contribution in [3.63, 3.8) is 0 Å². The summed E-state index contributed by atoms with van der Waals surface area (Å²) in [7, 11) is 1.95. The number of benzene rings is 2. The lowest BCUT2D eigenvalue weighted by atomic mass is 9.95. The van der Waals surface area contributed by atoms with Crippen molar-refractivity contribution in [2.75, 3.05) is 29.3 Å². The Kier molecular flexibility index (Phi) is 4.86. The van der Waals surface area contributed by atoms with Crippen molar-refractivity contribution in [2.24, 2.45) is 5.92 Å². The average molecular weight is 327 g/mol. The van der Waals surface area contributed by atoms with E-state index in [-0.39, 0.29) is 0 Å². The van der Waals surface area contributed by atoms with E-state index in [0.29, 0.717) is 0 Å². The lowest BCUT2D eigenvalue weighted by molar-refractivity contribution is 0.438. The summed E-state index contributed by atoms with van der Waals surface area (Å²) in [5.74, 6) is 0.852. The molecular formula is C20H26N2S. The van der Waals surface area contributed by atoms with Crippen molar-refractivity contribution < 1.29 is 0 Å². The van der Waals surface area contributed by atoms with Crippen LogP contribution in [0.25, 0.3) is 11.1 Å². The maximum Gasteiger partial charge on any atom is 0.0464 e. The molecule has 3 rings (SSSR count). The first-order valence-electron chi connectivity index (χ1n) is 8.43. The molecule has 2 aromatic carbocycles. The highest BCUT2D eigenvalue weighted by Gasteiger charge is 2.19. The summed E-state index contributed by atoms with van der Waals surface area (Å²) in [5.41, 5.74) is 6.41. The van der Waals surface area contributed by atoms with E-state index < -0.39 is 0 Å². The fourth-order valence-corrected chi connectivity index (χ4v) is 3.40. The zero-order chi connectivity index (χ0) is 16.4. The third-order valence-electron chi connectivity index (χ3n) is 4.83. The summed E-state index contributed by atoms with van der Waals surface area (Å²) in [6.45, 7) is 6.85. The van der Waals surface area contributed by atoms with Gasteiger partial charge in [-0.15, -0.1) is 0 Å². The van der Waals surface area contributed by atoms with Crippen LogP contribution in [0.4, 0.5) is 11.4 Å². The molecule has 1 aliphatic heterocycles. The van der Waals surface area contributed by atoms with Crippen LogP contribution in [0.15, 0.2) is 42.5 Å². The largest absolute Gasteiger partial charge is 0.371 e. The average Bonchev–Trinajstić information content (AvgIpc) is 2.56. The number of nitrogens with zero attached hydrogens (tertiary/aromatic N) is 2.